The van der Waals surface area contributed by atoms with Gasteiger partial charge in [-0.2, -0.15) is 0 Å². The van der Waals surface area contributed by atoms with E-state index in [0.717, 1.165) is 38.5 Å². The lowest BCUT2D eigenvalue weighted by Crippen LogP contribution is -2.31. The average molecular weight is 964 g/mol. The lowest BCUT2D eigenvalue weighted by molar-refractivity contribution is -0.571. The van der Waals surface area contributed by atoms with Crippen LogP contribution >= 0.6 is 0 Å². The number of hydrogen-bond acceptors (Lipinski definition) is 2. The number of imidazole rings is 1. The van der Waals surface area contributed by atoms with Crippen molar-refractivity contribution in [1.82, 2.24) is 14.1 Å². The van der Waals surface area contributed by atoms with Crippen molar-refractivity contribution in [3.05, 3.63) is 223 Å². The fraction of sp³-hybridized carbons (Fsp3) is 0.206. The Morgan fingerprint density at radius 1 is 0.562 bits per heavy atom. The van der Waals surface area contributed by atoms with Crippen LogP contribution in [0.5, 0.6) is 11.5 Å². The zero-order valence-electron chi connectivity index (χ0n) is 54.0. The number of hydrogen-bond donors (Lipinski definition) is 0. The van der Waals surface area contributed by atoms with Crippen LogP contribution in [0.4, 0.5) is 0 Å². The highest BCUT2D eigenvalue weighted by Gasteiger charge is 2.27. The Bertz CT molecular complexity index is 4360. The van der Waals surface area contributed by atoms with E-state index in [0.29, 0.717) is 34.0 Å². The number of nitrogens with zero attached hydrogens (tertiary/aromatic N) is 4. The topological polar surface area (TPSA) is 35.9 Å². The summed E-state index contributed by atoms with van der Waals surface area (Å²) in [5, 5.41) is 2.04. The predicted octanol–water partition coefficient (Wildman–Crippen LogP) is 17.7. The Hall–Kier alpha value is -8.02. The third kappa shape index (κ3) is 8.92. The normalized spacial score (nSPS) is 15.3. The van der Waals surface area contributed by atoms with Crippen LogP contribution in [-0.4, -0.2) is 14.1 Å². The summed E-state index contributed by atoms with van der Waals surface area (Å²) in [5.41, 5.74) is 8.32. The average Bonchev–Trinajstić information content (AvgIpc) is 1.52. The largest absolute Gasteiger partial charge is 0.458 e. The van der Waals surface area contributed by atoms with Gasteiger partial charge in [-0.15, -0.1) is 0 Å². The van der Waals surface area contributed by atoms with Crippen LogP contribution < -0.4 is 9.30 Å². The van der Waals surface area contributed by atoms with E-state index >= 15 is 0 Å². The molecule has 0 aliphatic rings. The van der Waals surface area contributed by atoms with Gasteiger partial charge in [-0.1, -0.05) is 209 Å². The molecule has 0 radical (unpaired) electrons. The van der Waals surface area contributed by atoms with Gasteiger partial charge in [-0.3, -0.25) is 13.7 Å². The number of para-hydroxylation sites is 3. The van der Waals surface area contributed by atoms with Crippen LogP contribution in [0.2, 0.25) is 0 Å². The molecule has 0 aliphatic heterocycles. The molecular formula is C68H64N4O. The molecule has 1 unspecified atom stereocenters. The van der Waals surface area contributed by atoms with Crippen LogP contribution in [0.15, 0.2) is 200 Å². The van der Waals surface area contributed by atoms with Gasteiger partial charge < -0.3 is 4.74 Å². The summed E-state index contributed by atoms with van der Waals surface area (Å²) in [6.07, 6.45) is 5.38. The van der Waals surface area contributed by atoms with E-state index in [1.807, 2.05) is 73.8 Å². The van der Waals surface area contributed by atoms with Crippen molar-refractivity contribution in [2.24, 2.45) is 5.41 Å². The molecule has 3 heterocycles. The second-order valence-corrected chi connectivity index (χ2v) is 21.8. The fourth-order valence-electron chi connectivity index (χ4n) is 9.64. The highest BCUT2D eigenvalue weighted by Crippen LogP contribution is 2.43. The monoisotopic (exact) mass is 964 g/mol. The van der Waals surface area contributed by atoms with Gasteiger partial charge in [0.05, 0.1) is 47.1 Å². The van der Waals surface area contributed by atoms with E-state index in [4.69, 9.17) is 23.4 Å². The molecular weight excluding hydrogens is 889 g/mol. The first-order valence-electron chi connectivity index (χ1n) is 30.2. The molecule has 0 bridgehead atoms. The van der Waals surface area contributed by atoms with Crippen LogP contribution in [0, 0.1) is 11.7 Å². The molecule has 11 aromatic rings. The molecule has 8 aromatic carbocycles. The third-order valence-corrected chi connectivity index (χ3v) is 14.0. The van der Waals surface area contributed by atoms with Crippen LogP contribution in [0.3, 0.4) is 0 Å². The SMILES string of the molecule is [2H]c1c([2H])c([2H])c(-c2cccc(-c3c([2H])c([2H])c([2H])c([2H])c3[2H])c2-[n+]2[c-]n(-c3cccc(Oc4ccc5c6cc(C(C)(C)C)ccc6n(-c6cc(C([2H])(C)C(C)(C)C)c(-c7ccc(C(C)(C)C)cc7)cn6)c5c4)c3)c3ccccc32)c([2H])c1[2H]. The van der Waals surface area contributed by atoms with Crippen LogP contribution in [0.25, 0.3) is 83.4 Å². The van der Waals surface area contributed by atoms with Crippen molar-refractivity contribution in [2.75, 3.05) is 0 Å². The molecule has 0 saturated heterocycles. The fourth-order valence-corrected chi connectivity index (χ4v) is 9.64. The molecule has 11 rings (SSSR count). The van der Waals surface area contributed by atoms with Gasteiger partial charge in [0.15, 0.2) is 0 Å². The molecule has 0 spiro atoms. The summed E-state index contributed by atoms with van der Waals surface area (Å²) in [6, 6.07) is 37.7. The molecule has 1 atom stereocenters. The van der Waals surface area contributed by atoms with Gasteiger partial charge in [-0.05, 0) is 115 Å². The highest BCUT2D eigenvalue weighted by atomic mass is 16.5. The number of rotatable bonds is 9. The van der Waals surface area contributed by atoms with E-state index in [9.17, 15) is 1.37 Å². The summed E-state index contributed by atoms with van der Waals surface area (Å²) in [6.45, 7) is 21.5. The number of benzene rings is 8. The number of fused-ring (bicyclic) bond motifs is 4. The quantitative estimate of drug-likeness (QED) is 0.107. The summed E-state index contributed by atoms with van der Waals surface area (Å²) in [7, 11) is 0. The molecule has 73 heavy (non-hydrogen) atoms. The van der Waals surface area contributed by atoms with Crippen molar-refractivity contribution >= 4 is 32.8 Å². The minimum absolute atomic E-state index is 0.0264. The Labute approximate surface area is 446 Å². The standard InChI is InChI=1S/C68H64N4O/c1-45(66(2,3)4)57-42-64(69-43-59(57)48-31-33-49(34-32-48)67(5,6)7)72-60-38-35-50(68(8,9)10)39-58(60)56-37-36-53(41-63(56)72)73-52-26-19-25-51(40-52)70-44-71(62-30-18-17-29-61(62)70)65-54(46-21-13-11-14-22-46)27-20-28-55(65)47-23-15-12-16-24-47/h11-43,45H,1-10H3/i11D,12D,13D,14D,15D,16D,21D,22D,23D,24D,45D. The minimum Gasteiger partial charge on any atom is -0.458 e. The molecule has 5 nitrogen and oxygen atoms in total. The van der Waals surface area contributed by atoms with Crippen LogP contribution in [-0.2, 0) is 10.8 Å². The Kier molecular flexibility index (Phi) is 8.99. The van der Waals surface area contributed by atoms with Gasteiger partial charge in [0, 0.05) is 30.0 Å². The summed E-state index contributed by atoms with van der Waals surface area (Å²) in [5.74, 6) is 0.654. The molecule has 5 heteroatoms. The van der Waals surface area contributed by atoms with Crippen molar-refractivity contribution in [2.45, 2.75) is 86.0 Å². The van der Waals surface area contributed by atoms with Gasteiger partial charge in [0.2, 0.25) is 0 Å². The first-order valence-corrected chi connectivity index (χ1v) is 24.7. The first-order chi connectivity index (χ1) is 39.5. The lowest BCUT2D eigenvalue weighted by atomic mass is 9.75. The maximum absolute atomic E-state index is 10.1. The third-order valence-electron chi connectivity index (χ3n) is 14.0. The second kappa shape index (κ2) is 18.2. The molecule has 362 valence electrons. The maximum atomic E-state index is 10.1. The van der Waals surface area contributed by atoms with Gasteiger partial charge in [0.1, 0.15) is 17.3 Å². The molecule has 0 saturated carbocycles. The Balaban J connectivity index is 1.07. The van der Waals surface area contributed by atoms with E-state index < -0.39 is 71.7 Å². The van der Waals surface area contributed by atoms with Crippen molar-refractivity contribution in [3.8, 4) is 62.1 Å². The smallest absolute Gasteiger partial charge is 0.269 e. The van der Waals surface area contributed by atoms with Crippen molar-refractivity contribution in [1.29, 1.82) is 0 Å². The molecule has 0 amide bonds. The van der Waals surface area contributed by atoms with E-state index in [2.05, 4.69) is 128 Å². The molecule has 0 aliphatic carbocycles. The summed E-state index contributed by atoms with van der Waals surface area (Å²) in [4.78, 5) is 5.23. The Morgan fingerprint density at radius 2 is 1.19 bits per heavy atom. The lowest BCUT2D eigenvalue weighted by Gasteiger charge is -2.30. The second-order valence-electron chi connectivity index (χ2n) is 21.8. The van der Waals surface area contributed by atoms with E-state index in [1.165, 1.54) is 11.1 Å². The van der Waals surface area contributed by atoms with Crippen molar-refractivity contribution < 1.29 is 24.4 Å². The molecule has 0 N–H and O–H groups in total. The van der Waals surface area contributed by atoms with E-state index in [1.54, 1.807) is 27.3 Å². The number of aromatic nitrogens is 4. The first kappa shape index (κ1) is 36.0. The molecule has 3 aromatic heterocycles. The Morgan fingerprint density at radius 3 is 1.85 bits per heavy atom. The zero-order valence-corrected chi connectivity index (χ0v) is 43.0. The number of ether oxygens (including phenoxy) is 1. The highest BCUT2D eigenvalue weighted by molar-refractivity contribution is 6.10. The summed E-state index contributed by atoms with van der Waals surface area (Å²) >= 11 is 0. The zero-order chi connectivity index (χ0) is 60.4. The van der Waals surface area contributed by atoms with Gasteiger partial charge in [0.25, 0.3) is 6.33 Å². The molecule has 0 fully saturated rings. The number of pyridine rings is 1. The maximum Gasteiger partial charge on any atom is 0.269 e. The van der Waals surface area contributed by atoms with Gasteiger partial charge >= 0.3 is 0 Å². The van der Waals surface area contributed by atoms with Gasteiger partial charge in [-0.25, -0.2) is 4.98 Å². The summed E-state index contributed by atoms with van der Waals surface area (Å²) < 4.78 is 110. The minimum atomic E-state index is -1.04. The van der Waals surface area contributed by atoms with E-state index in [-0.39, 0.29) is 38.8 Å². The van der Waals surface area contributed by atoms with Crippen molar-refractivity contribution in [3.63, 3.8) is 0 Å². The van der Waals surface area contributed by atoms with Crippen LogP contribution in [0.1, 0.15) is 107 Å². The predicted molar refractivity (Wildman–Crippen MR) is 304 cm³/mol.